The molecule has 1 aromatic heterocycles. The van der Waals surface area contributed by atoms with E-state index in [2.05, 4.69) is 24.1 Å². The third-order valence-electron chi connectivity index (χ3n) is 2.70. The van der Waals surface area contributed by atoms with E-state index in [-0.39, 0.29) is 0 Å². The van der Waals surface area contributed by atoms with Crippen molar-refractivity contribution >= 4 is 5.69 Å². The molecule has 1 fully saturated rings. The second-order valence-electron chi connectivity index (χ2n) is 4.78. The van der Waals surface area contributed by atoms with Gasteiger partial charge in [0.1, 0.15) is 0 Å². The van der Waals surface area contributed by atoms with E-state index < -0.39 is 5.95 Å². The molecule has 2 rings (SSSR count). The monoisotopic (exact) mass is 194 g/mol. The molecule has 2 nitrogen and oxygen atoms in total. The Morgan fingerprint density at radius 2 is 2.14 bits per heavy atom. The van der Waals surface area contributed by atoms with Gasteiger partial charge in [-0.3, -0.25) is 0 Å². The zero-order chi connectivity index (χ0) is 10.2. The van der Waals surface area contributed by atoms with Gasteiger partial charge in [-0.25, -0.2) is 4.98 Å². The average molecular weight is 194 g/mol. The molecule has 14 heavy (non-hydrogen) atoms. The van der Waals surface area contributed by atoms with Crippen molar-refractivity contribution in [3.63, 3.8) is 0 Å². The first-order chi connectivity index (χ1) is 6.55. The summed E-state index contributed by atoms with van der Waals surface area (Å²) in [5.74, 6) is -0.426. The van der Waals surface area contributed by atoms with Crippen LogP contribution in [0.4, 0.5) is 10.1 Å². The third-order valence-corrected chi connectivity index (χ3v) is 2.70. The van der Waals surface area contributed by atoms with E-state index in [9.17, 15) is 4.39 Å². The molecule has 0 unspecified atom stereocenters. The van der Waals surface area contributed by atoms with Crippen LogP contribution >= 0.6 is 0 Å². The molecule has 1 N–H and O–H groups in total. The Morgan fingerprint density at radius 3 is 2.64 bits per heavy atom. The second-order valence-corrected chi connectivity index (χ2v) is 4.78. The van der Waals surface area contributed by atoms with Crippen molar-refractivity contribution in [1.29, 1.82) is 0 Å². The van der Waals surface area contributed by atoms with Crippen molar-refractivity contribution in [2.75, 3.05) is 5.32 Å². The number of hydrogen-bond acceptors (Lipinski definition) is 2. The minimum Gasteiger partial charge on any atom is -0.381 e. The van der Waals surface area contributed by atoms with Gasteiger partial charge in [-0.05, 0) is 30.4 Å². The van der Waals surface area contributed by atoms with E-state index >= 15 is 0 Å². The van der Waals surface area contributed by atoms with Crippen LogP contribution in [0.5, 0.6) is 0 Å². The molecule has 76 valence electrons. The molecule has 1 heterocycles. The molecule has 1 saturated carbocycles. The first-order valence-electron chi connectivity index (χ1n) is 4.93. The van der Waals surface area contributed by atoms with Crippen LogP contribution in [-0.4, -0.2) is 11.0 Å². The number of nitrogens with zero attached hydrogens (tertiary/aromatic N) is 1. The topological polar surface area (TPSA) is 24.9 Å². The van der Waals surface area contributed by atoms with Crippen molar-refractivity contribution in [3.05, 3.63) is 24.3 Å². The van der Waals surface area contributed by atoms with Gasteiger partial charge >= 0.3 is 0 Å². The largest absolute Gasteiger partial charge is 0.381 e. The zero-order valence-corrected chi connectivity index (χ0v) is 8.55. The van der Waals surface area contributed by atoms with E-state index in [4.69, 9.17) is 0 Å². The van der Waals surface area contributed by atoms with E-state index in [0.717, 1.165) is 5.69 Å². The van der Waals surface area contributed by atoms with Gasteiger partial charge in [-0.15, -0.1) is 0 Å². The SMILES string of the molecule is CC1(C)CC(Nc2ccc(F)nc2)C1. The normalized spacial score (nSPS) is 20.2. The molecule has 1 aliphatic rings. The first-order valence-corrected chi connectivity index (χ1v) is 4.93. The molecular formula is C11H15FN2. The maximum atomic E-state index is 12.5. The minimum atomic E-state index is -0.426. The number of hydrogen-bond donors (Lipinski definition) is 1. The Labute approximate surface area is 83.6 Å². The summed E-state index contributed by atoms with van der Waals surface area (Å²) in [4.78, 5) is 3.60. The zero-order valence-electron chi connectivity index (χ0n) is 8.55. The number of aromatic nitrogens is 1. The van der Waals surface area contributed by atoms with Crippen LogP contribution in [0, 0.1) is 11.4 Å². The van der Waals surface area contributed by atoms with Crippen LogP contribution in [0.15, 0.2) is 18.3 Å². The van der Waals surface area contributed by atoms with Crippen molar-refractivity contribution in [2.45, 2.75) is 32.7 Å². The molecule has 0 bridgehead atoms. The van der Waals surface area contributed by atoms with Crippen LogP contribution in [0.1, 0.15) is 26.7 Å². The molecule has 1 aromatic rings. The Morgan fingerprint density at radius 1 is 1.43 bits per heavy atom. The lowest BCUT2D eigenvalue weighted by Crippen LogP contribution is -2.41. The Kier molecular flexibility index (Phi) is 2.17. The molecular weight excluding hydrogens is 179 g/mol. The van der Waals surface area contributed by atoms with Gasteiger partial charge < -0.3 is 5.32 Å². The molecule has 0 spiro atoms. The van der Waals surface area contributed by atoms with Crippen molar-refractivity contribution in [2.24, 2.45) is 5.41 Å². The predicted octanol–water partition coefficient (Wildman–Crippen LogP) is 2.82. The minimum absolute atomic E-state index is 0.426. The fraction of sp³-hybridized carbons (Fsp3) is 0.545. The number of halogens is 1. The lowest BCUT2D eigenvalue weighted by molar-refractivity contribution is 0.167. The highest BCUT2D eigenvalue weighted by molar-refractivity contribution is 5.41. The highest BCUT2D eigenvalue weighted by Crippen LogP contribution is 2.41. The lowest BCUT2D eigenvalue weighted by atomic mass is 9.68. The summed E-state index contributed by atoms with van der Waals surface area (Å²) in [6, 6.07) is 3.64. The number of anilines is 1. The van der Waals surface area contributed by atoms with Gasteiger partial charge in [-0.2, -0.15) is 4.39 Å². The van der Waals surface area contributed by atoms with Gasteiger partial charge in [0, 0.05) is 6.04 Å². The molecule has 3 heteroatoms. The van der Waals surface area contributed by atoms with Crippen molar-refractivity contribution in [3.8, 4) is 0 Å². The summed E-state index contributed by atoms with van der Waals surface area (Å²) in [5.41, 5.74) is 1.37. The molecule has 0 saturated heterocycles. The molecule has 0 amide bonds. The first kappa shape index (κ1) is 9.44. The van der Waals surface area contributed by atoms with Crippen LogP contribution < -0.4 is 5.32 Å². The van der Waals surface area contributed by atoms with Crippen LogP contribution in [0.3, 0.4) is 0 Å². The second kappa shape index (κ2) is 3.23. The molecule has 0 atom stereocenters. The van der Waals surface area contributed by atoms with Crippen LogP contribution in [0.2, 0.25) is 0 Å². The Bertz CT molecular complexity index is 311. The van der Waals surface area contributed by atoms with Gasteiger partial charge in [-0.1, -0.05) is 13.8 Å². The van der Waals surface area contributed by atoms with Gasteiger partial charge in [0.15, 0.2) is 0 Å². The van der Waals surface area contributed by atoms with E-state index in [1.165, 1.54) is 18.9 Å². The van der Waals surface area contributed by atoms with Crippen molar-refractivity contribution in [1.82, 2.24) is 4.98 Å². The highest BCUT2D eigenvalue weighted by Gasteiger charge is 2.35. The summed E-state index contributed by atoms with van der Waals surface area (Å²) in [5, 5.41) is 3.33. The number of nitrogens with one attached hydrogen (secondary N) is 1. The predicted molar refractivity (Wildman–Crippen MR) is 54.6 cm³/mol. The summed E-state index contributed by atoms with van der Waals surface area (Å²) >= 11 is 0. The van der Waals surface area contributed by atoms with Crippen LogP contribution in [0.25, 0.3) is 0 Å². The van der Waals surface area contributed by atoms with E-state index in [1.54, 1.807) is 12.3 Å². The van der Waals surface area contributed by atoms with E-state index in [1.807, 2.05) is 0 Å². The molecule has 0 aliphatic heterocycles. The number of rotatable bonds is 2. The molecule has 1 aliphatic carbocycles. The summed E-state index contributed by atoms with van der Waals surface area (Å²) in [6.45, 7) is 4.52. The lowest BCUT2D eigenvalue weighted by Gasteiger charge is -2.43. The average Bonchev–Trinajstić information content (AvgIpc) is 2.06. The Hall–Kier alpha value is -1.12. The standard InChI is InChI=1S/C11H15FN2/c1-11(2)5-9(6-11)14-8-3-4-10(12)13-7-8/h3-4,7,9,14H,5-6H2,1-2H3. The fourth-order valence-electron chi connectivity index (χ4n) is 2.07. The van der Waals surface area contributed by atoms with Crippen LogP contribution in [-0.2, 0) is 0 Å². The summed E-state index contributed by atoms with van der Waals surface area (Å²) < 4.78 is 12.5. The number of pyridine rings is 1. The molecule has 0 aromatic carbocycles. The highest BCUT2D eigenvalue weighted by atomic mass is 19.1. The summed E-state index contributed by atoms with van der Waals surface area (Å²) in [7, 11) is 0. The third kappa shape index (κ3) is 2.03. The fourth-order valence-corrected chi connectivity index (χ4v) is 2.07. The maximum Gasteiger partial charge on any atom is 0.212 e. The van der Waals surface area contributed by atoms with Gasteiger partial charge in [0.25, 0.3) is 0 Å². The molecule has 0 radical (unpaired) electrons. The van der Waals surface area contributed by atoms with E-state index in [0.29, 0.717) is 11.5 Å². The maximum absolute atomic E-state index is 12.5. The smallest absolute Gasteiger partial charge is 0.212 e. The van der Waals surface area contributed by atoms with Gasteiger partial charge in [0.2, 0.25) is 5.95 Å². The van der Waals surface area contributed by atoms with Gasteiger partial charge in [0.05, 0.1) is 11.9 Å². The summed E-state index contributed by atoms with van der Waals surface area (Å²) in [6.07, 6.45) is 3.88. The quantitative estimate of drug-likeness (QED) is 0.732. The van der Waals surface area contributed by atoms with Crippen molar-refractivity contribution < 1.29 is 4.39 Å². The Balaban J connectivity index is 1.90.